The van der Waals surface area contributed by atoms with Crippen molar-refractivity contribution in [2.24, 2.45) is 0 Å². The Balaban J connectivity index is 1.99. The Bertz CT molecular complexity index is 691. The molecule has 1 atom stereocenters. The zero-order chi connectivity index (χ0) is 14.2. The first-order valence-electron chi connectivity index (χ1n) is 6.37. The largest absolute Gasteiger partial charge is 0.364 e. The highest BCUT2D eigenvalue weighted by Crippen LogP contribution is 2.40. The minimum absolute atomic E-state index is 0.649. The smallest absolute Gasteiger partial charge is 0.151 e. The zero-order valence-electron chi connectivity index (χ0n) is 10.7. The third-order valence-corrected chi connectivity index (χ3v) is 4.43. The van der Waals surface area contributed by atoms with Gasteiger partial charge in [-0.15, -0.1) is 0 Å². The van der Waals surface area contributed by atoms with Crippen LogP contribution in [0.4, 0.5) is 5.69 Å². The quantitative estimate of drug-likeness (QED) is 0.840. The summed E-state index contributed by atoms with van der Waals surface area (Å²) < 4.78 is 1.05. The van der Waals surface area contributed by atoms with Crippen molar-refractivity contribution in [3.8, 4) is 6.07 Å². The van der Waals surface area contributed by atoms with Crippen molar-refractivity contribution in [2.75, 3.05) is 5.32 Å². The molecular weight excluding hydrogens is 336 g/mol. The van der Waals surface area contributed by atoms with Crippen molar-refractivity contribution in [3.63, 3.8) is 0 Å². The van der Waals surface area contributed by atoms with Gasteiger partial charge < -0.3 is 5.32 Å². The van der Waals surface area contributed by atoms with E-state index in [9.17, 15) is 5.26 Å². The minimum atomic E-state index is -0.649. The van der Waals surface area contributed by atoms with Gasteiger partial charge >= 0.3 is 0 Å². The molecule has 2 nitrogen and oxygen atoms in total. The highest BCUT2D eigenvalue weighted by molar-refractivity contribution is 9.10. The Kier molecular flexibility index (Phi) is 3.45. The van der Waals surface area contributed by atoms with Crippen molar-refractivity contribution in [1.29, 1.82) is 5.26 Å². The van der Waals surface area contributed by atoms with Gasteiger partial charge in [-0.1, -0.05) is 33.6 Å². The Morgan fingerprint density at radius 2 is 1.95 bits per heavy atom. The third-order valence-electron chi connectivity index (χ3n) is 3.69. The highest BCUT2D eigenvalue weighted by atomic mass is 79.9. The van der Waals surface area contributed by atoms with E-state index in [1.807, 2.05) is 36.4 Å². The molecular formula is C16H12BrClN2. The molecule has 0 fully saturated rings. The van der Waals surface area contributed by atoms with E-state index >= 15 is 0 Å². The number of rotatable bonds is 2. The number of nitrogens with one attached hydrogen (secondary N) is 1. The van der Waals surface area contributed by atoms with E-state index in [1.165, 1.54) is 5.56 Å². The molecule has 3 rings (SSSR count). The number of halogens is 2. The van der Waals surface area contributed by atoms with Crippen LogP contribution in [0.15, 0.2) is 46.9 Å². The van der Waals surface area contributed by atoms with Crippen LogP contribution in [0.2, 0.25) is 5.02 Å². The average Bonchev–Trinajstić information content (AvgIpc) is 2.80. The van der Waals surface area contributed by atoms with Crippen LogP contribution in [0.3, 0.4) is 0 Å². The fraction of sp³-hybridized carbons (Fsp3) is 0.188. The second-order valence-corrected chi connectivity index (χ2v) is 6.30. The lowest BCUT2D eigenvalue weighted by Gasteiger charge is -2.25. The Hall–Kier alpha value is -1.50. The van der Waals surface area contributed by atoms with Gasteiger partial charge in [-0.2, -0.15) is 5.26 Å². The maximum Gasteiger partial charge on any atom is 0.151 e. The van der Waals surface area contributed by atoms with E-state index in [-0.39, 0.29) is 0 Å². The number of nitriles is 1. The fourth-order valence-corrected chi connectivity index (χ4v) is 3.23. The molecule has 1 aliphatic rings. The zero-order valence-corrected chi connectivity index (χ0v) is 13.0. The summed E-state index contributed by atoms with van der Waals surface area (Å²) >= 11 is 9.38. The topological polar surface area (TPSA) is 35.8 Å². The summed E-state index contributed by atoms with van der Waals surface area (Å²) in [6.45, 7) is 0. The van der Waals surface area contributed by atoms with Gasteiger partial charge in [0.25, 0.3) is 0 Å². The summed E-state index contributed by atoms with van der Waals surface area (Å²) in [5.41, 5.74) is 2.55. The number of aryl methyl sites for hydroxylation is 1. The van der Waals surface area contributed by atoms with Crippen LogP contribution in [0.1, 0.15) is 17.5 Å². The van der Waals surface area contributed by atoms with Gasteiger partial charge in [-0.3, -0.25) is 0 Å². The Morgan fingerprint density at radius 3 is 2.65 bits per heavy atom. The third kappa shape index (κ3) is 2.30. The van der Waals surface area contributed by atoms with Gasteiger partial charge in [0.05, 0.1) is 6.07 Å². The molecule has 0 saturated heterocycles. The van der Waals surface area contributed by atoms with Crippen molar-refractivity contribution in [3.05, 3.63) is 63.1 Å². The molecule has 0 aliphatic heterocycles. The van der Waals surface area contributed by atoms with Gasteiger partial charge in [-0.25, -0.2) is 0 Å². The average molecular weight is 348 g/mol. The molecule has 0 aromatic heterocycles. The lowest BCUT2D eigenvalue weighted by atomic mass is 9.93. The van der Waals surface area contributed by atoms with E-state index in [0.29, 0.717) is 5.02 Å². The first-order chi connectivity index (χ1) is 9.63. The van der Waals surface area contributed by atoms with Crippen LogP contribution >= 0.6 is 27.5 Å². The molecule has 0 spiro atoms. The van der Waals surface area contributed by atoms with Gasteiger partial charge in [0.1, 0.15) is 0 Å². The lowest BCUT2D eigenvalue weighted by molar-refractivity contribution is 0.621. The summed E-state index contributed by atoms with van der Waals surface area (Å²) in [6.07, 6.45) is 1.68. The van der Waals surface area contributed by atoms with Gasteiger partial charge in [0.15, 0.2) is 5.54 Å². The van der Waals surface area contributed by atoms with E-state index in [1.54, 1.807) is 0 Å². The number of nitrogens with zero attached hydrogens (tertiary/aromatic N) is 1. The second kappa shape index (κ2) is 5.12. The van der Waals surface area contributed by atoms with Gasteiger partial charge in [0, 0.05) is 15.2 Å². The van der Waals surface area contributed by atoms with E-state index in [0.717, 1.165) is 28.6 Å². The molecule has 0 heterocycles. The van der Waals surface area contributed by atoms with E-state index in [4.69, 9.17) is 11.6 Å². The SMILES string of the molecule is N#CC1(Nc2ccc(Cl)cc2)CCc2cc(Br)ccc21. The van der Waals surface area contributed by atoms with Crippen LogP contribution in [-0.4, -0.2) is 0 Å². The summed E-state index contributed by atoms with van der Waals surface area (Å²) in [6, 6.07) is 16.0. The van der Waals surface area contributed by atoms with Crippen LogP contribution < -0.4 is 5.32 Å². The predicted octanol–water partition coefficient (Wildman–Crippen LogP) is 4.88. The minimum Gasteiger partial charge on any atom is -0.364 e. The molecule has 2 aromatic carbocycles. The summed E-state index contributed by atoms with van der Waals surface area (Å²) in [4.78, 5) is 0. The molecule has 4 heteroatoms. The molecule has 1 N–H and O–H groups in total. The number of fused-ring (bicyclic) bond motifs is 1. The number of hydrogen-bond acceptors (Lipinski definition) is 2. The summed E-state index contributed by atoms with van der Waals surface area (Å²) in [7, 11) is 0. The first-order valence-corrected chi connectivity index (χ1v) is 7.54. The van der Waals surface area contributed by atoms with Crippen LogP contribution in [-0.2, 0) is 12.0 Å². The molecule has 0 amide bonds. The number of benzene rings is 2. The summed E-state index contributed by atoms with van der Waals surface area (Å²) in [5.74, 6) is 0. The van der Waals surface area contributed by atoms with Crippen molar-refractivity contribution >= 4 is 33.2 Å². The maximum atomic E-state index is 9.70. The maximum absolute atomic E-state index is 9.70. The number of anilines is 1. The van der Waals surface area contributed by atoms with Crippen molar-refractivity contribution in [1.82, 2.24) is 0 Å². The Labute approximate surface area is 131 Å². The highest BCUT2D eigenvalue weighted by Gasteiger charge is 2.39. The monoisotopic (exact) mass is 346 g/mol. The molecule has 0 radical (unpaired) electrons. The van der Waals surface area contributed by atoms with Crippen molar-refractivity contribution < 1.29 is 0 Å². The first kappa shape index (κ1) is 13.5. The fourth-order valence-electron chi connectivity index (χ4n) is 2.70. The molecule has 20 heavy (non-hydrogen) atoms. The second-order valence-electron chi connectivity index (χ2n) is 4.95. The predicted molar refractivity (Wildman–Crippen MR) is 84.8 cm³/mol. The van der Waals surface area contributed by atoms with E-state index in [2.05, 4.69) is 33.4 Å². The molecule has 1 unspecified atom stereocenters. The van der Waals surface area contributed by atoms with Gasteiger partial charge in [-0.05, 0) is 60.4 Å². The van der Waals surface area contributed by atoms with Crippen LogP contribution in [0, 0.1) is 11.3 Å². The van der Waals surface area contributed by atoms with Crippen molar-refractivity contribution in [2.45, 2.75) is 18.4 Å². The number of hydrogen-bond donors (Lipinski definition) is 1. The molecule has 1 aliphatic carbocycles. The lowest BCUT2D eigenvalue weighted by Crippen LogP contribution is -2.31. The molecule has 0 saturated carbocycles. The summed E-state index contributed by atoms with van der Waals surface area (Å²) in [5, 5.41) is 13.8. The Morgan fingerprint density at radius 1 is 1.20 bits per heavy atom. The molecule has 2 aromatic rings. The normalized spacial score (nSPS) is 20.2. The standard InChI is InChI=1S/C16H12BrClN2/c17-12-1-6-15-11(9-12)7-8-16(15,10-19)20-14-4-2-13(18)3-5-14/h1-6,9,20H,7-8H2. The van der Waals surface area contributed by atoms with Crippen LogP contribution in [0.5, 0.6) is 0 Å². The molecule has 0 bridgehead atoms. The van der Waals surface area contributed by atoms with Crippen LogP contribution in [0.25, 0.3) is 0 Å². The van der Waals surface area contributed by atoms with Gasteiger partial charge in [0.2, 0.25) is 0 Å². The van der Waals surface area contributed by atoms with E-state index < -0.39 is 5.54 Å². The molecule has 100 valence electrons.